The lowest BCUT2D eigenvalue weighted by Crippen LogP contribution is -2.26. The van der Waals surface area contributed by atoms with Crippen LogP contribution in [0.1, 0.15) is 5.56 Å². The second-order valence-corrected chi connectivity index (χ2v) is 5.69. The Labute approximate surface area is 122 Å². The molecular formula is C19H13N2+. The van der Waals surface area contributed by atoms with Crippen LogP contribution in [-0.2, 0) is 0 Å². The summed E-state index contributed by atoms with van der Waals surface area (Å²) in [5.41, 5.74) is 7.27. The molecule has 0 atom stereocenters. The van der Waals surface area contributed by atoms with Gasteiger partial charge in [0.15, 0.2) is 0 Å². The van der Waals surface area contributed by atoms with Crippen molar-refractivity contribution < 1.29 is 4.52 Å². The summed E-state index contributed by atoms with van der Waals surface area (Å²) in [7, 11) is 0. The molecule has 1 aliphatic carbocycles. The van der Waals surface area contributed by atoms with Crippen molar-refractivity contribution in [1.82, 2.24) is 5.10 Å². The van der Waals surface area contributed by atoms with Crippen molar-refractivity contribution in [3.63, 3.8) is 0 Å². The lowest BCUT2D eigenvalue weighted by atomic mass is 10.0. The highest BCUT2D eigenvalue weighted by Crippen LogP contribution is 2.45. The van der Waals surface area contributed by atoms with Gasteiger partial charge >= 0.3 is 0 Å². The number of benzene rings is 2. The summed E-state index contributed by atoms with van der Waals surface area (Å²) >= 11 is 0. The van der Waals surface area contributed by atoms with Gasteiger partial charge in [0.25, 0.3) is 0 Å². The summed E-state index contributed by atoms with van der Waals surface area (Å²) in [5.74, 6) is 0. The minimum atomic E-state index is 1.09. The van der Waals surface area contributed by atoms with Crippen LogP contribution in [0, 0.1) is 6.92 Å². The van der Waals surface area contributed by atoms with Crippen molar-refractivity contribution in [1.29, 1.82) is 0 Å². The molecule has 0 bridgehead atoms. The quantitative estimate of drug-likeness (QED) is 0.389. The molecule has 2 aromatic heterocycles. The van der Waals surface area contributed by atoms with Gasteiger partial charge in [0.05, 0.1) is 0 Å². The molecule has 2 nitrogen and oxygen atoms in total. The van der Waals surface area contributed by atoms with Crippen LogP contribution < -0.4 is 4.52 Å². The monoisotopic (exact) mass is 269 g/mol. The summed E-state index contributed by atoms with van der Waals surface area (Å²) in [6, 6.07) is 19.5. The maximum absolute atomic E-state index is 4.85. The molecule has 98 valence electrons. The topological polar surface area (TPSA) is 17.0 Å². The Morgan fingerprint density at radius 2 is 1.67 bits per heavy atom. The lowest BCUT2D eigenvalue weighted by Gasteiger charge is -1.99. The van der Waals surface area contributed by atoms with Gasteiger partial charge in [-0.2, -0.15) is 0 Å². The first-order chi connectivity index (χ1) is 10.3. The van der Waals surface area contributed by atoms with Crippen molar-refractivity contribution in [3.05, 3.63) is 66.4 Å². The smallest absolute Gasteiger partial charge is 0.0610 e. The molecule has 0 saturated heterocycles. The molecule has 0 fully saturated rings. The summed E-state index contributed by atoms with van der Waals surface area (Å²) < 4.78 is 1.97. The zero-order chi connectivity index (χ0) is 14.0. The summed E-state index contributed by atoms with van der Waals surface area (Å²) in [4.78, 5) is 0. The Morgan fingerprint density at radius 3 is 2.52 bits per heavy atom. The van der Waals surface area contributed by atoms with Gasteiger partial charge in [-0.1, -0.05) is 40.9 Å². The highest BCUT2D eigenvalue weighted by atomic mass is 15.2. The molecule has 1 aliphatic rings. The molecule has 4 aromatic rings. The van der Waals surface area contributed by atoms with Crippen LogP contribution in [0.5, 0.6) is 0 Å². The van der Waals surface area contributed by atoms with Crippen molar-refractivity contribution in [2.24, 2.45) is 0 Å². The summed E-state index contributed by atoms with van der Waals surface area (Å²) in [5, 5.41) is 7.47. The first-order valence-corrected chi connectivity index (χ1v) is 7.17. The van der Waals surface area contributed by atoms with E-state index in [4.69, 9.17) is 5.10 Å². The van der Waals surface area contributed by atoms with E-state index in [9.17, 15) is 0 Å². The fourth-order valence-corrected chi connectivity index (χ4v) is 3.37. The van der Waals surface area contributed by atoms with Crippen LogP contribution >= 0.6 is 0 Å². The van der Waals surface area contributed by atoms with E-state index in [1.807, 2.05) is 10.7 Å². The van der Waals surface area contributed by atoms with Crippen LogP contribution in [0.3, 0.4) is 0 Å². The van der Waals surface area contributed by atoms with Gasteiger partial charge in [0, 0.05) is 34.4 Å². The number of pyridine rings is 1. The highest BCUT2D eigenvalue weighted by Gasteiger charge is 2.26. The number of nitrogens with zero attached hydrogens (tertiary/aromatic N) is 2. The van der Waals surface area contributed by atoms with Gasteiger partial charge in [-0.15, -0.1) is 0 Å². The predicted molar refractivity (Wildman–Crippen MR) is 84.1 cm³/mol. The molecule has 2 aromatic carbocycles. The number of fused-ring (bicyclic) bond motifs is 4. The Balaban J connectivity index is 1.98. The van der Waals surface area contributed by atoms with Gasteiger partial charge in [-0.3, -0.25) is 0 Å². The summed E-state index contributed by atoms with van der Waals surface area (Å²) in [6.07, 6.45) is 2.04. The Bertz CT molecular complexity index is 1040. The molecule has 2 heterocycles. The zero-order valence-electron chi connectivity index (χ0n) is 11.7. The molecule has 0 saturated carbocycles. The second kappa shape index (κ2) is 3.67. The first kappa shape index (κ1) is 11.0. The van der Waals surface area contributed by atoms with Gasteiger partial charge in [-0.05, 0) is 28.8 Å². The van der Waals surface area contributed by atoms with Crippen LogP contribution in [0.4, 0.5) is 0 Å². The van der Waals surface area contributed by atoms with E-state index in [1.165, 1.54) is 33.0 Å². The van der Waals surface area contributed by atoms with E-state index in [0.29, 0.717) is 0 Å². The third kappa shape index (κ3) is 1.37. The zero-order valence-corrected chi connectivity index (χ0v) is 11.7. The molecule has 0 aliphatic heterocycles. The van der Waals surface area contributed by atoms with Crippen molar-refractivity contribution in [2.45, 2.75) is 6.92 Å². The summed E-state index contributed by atoms with van der Waals surface area (Å²) in [6.45, 7) is 2.11. The number of hydrogen-bond donors (Lipinski definition) is 0. The van der Waals surface area contributed by atoms with Crippen LogP contribution in [0.2, 0.25) is 0 Å². The van der Waals surface area contributed by atoms with Crippen molar-refractivity contribution >= 4 is 16.3 Å². The molecule has 0 unspecified atom stereocenters. The average molecular weight is 269 g/mol. The molecule has 0 radical (unpaired) electrons. The number of rotatable bonds is 0. The molecule has 5 rings (SSSR count). The third-order valence-corrected chi connectivity index (χ3v) is 4.32. The fourth-order valence-electron chi connectivity index (χ4n) is 3.37. The average Bonchev–Trinajstić information content (AvgIpc) is 2.82. The normalized spacial score (nSPS) is 12.0. The Hall–Kier alpha value is -2.74. The number of hydrogen-bond acceptors (Lipinski definition) is 1. The Morgan fingerprint density at radius 1 is 0.857 bits per heavy atom. The van der Waals surface area contributed by atoms with Gasteiger partial charge < -0.3 is 0 Å². The van der Waals surface area contributed by atoms with E-state index in [2.05, 4.69) is 61.5 Å². The standard InChI is InChI=1S/C19H13N2/c1-12-8-9-21-14(10-12)11-17-15-6-2-4-13-5-3-7-16(18(13)15)19(17)20-21/h2-11H,1H3/q+1. The molecule has 2 heteroatoms. The highest BCUT2D eigenvalue weighted by molar-refractivity contribution is 6.14. The predicted octanol–water partition coefficient (Wildman–Crippen LogP) is 3.93. The van der Waals surface area contributed by atoms with Gasteiger partial charge in [-0.25, -0.2) is 0 Å². The molecule has 21 heavy (non-hydrogen) atoms. The Kier molecular flexibility index (Phi) is 1.92. The lowest BCUT2D eigenvalue weighted by molar-refractivity contribution is -0.579. The SMILES string of the molecule is Cc1cc[n+]2nc3c(cc2c1)-c1cccc2cccc-3c12. The largest absolute Gasteiger partial charge is 0.239 e. The maximum Gasteiger partial charge on any atom is 0.239 e. The fraction of sp³-hybridized carbons (Fsp3) is 0.0526. The first-order valence-electron chi connectivity index (χ1n) is 7.17. The minimum Gasteiger partial charge on any atom is -0.0610 e. The van der Waals surface area contributed by atoms with Crippen LogP contribution in [-0.4, -0.2) is 5.10 Å². The van der Waals surface area contributed by atoms with Crippen LogP contribution in [0.15, 0.2) is 60.8 Å². The van der Waals surface area contributed by atoms with Crippen molar-refractivity contribution in [2.75, 3.05) is 0 Å². The van der Waals surface area contributed by atoms with Crippen molar-refractivity contribution in [3.8, 4) is 22.4 Å². The van der Waals surface area contributed by atoms with E-state index in [-0.39, 0.29) is 0 Å². The maximum atomic E-state index is 4.85. The molecule has 0 N–H and O–H groups in total. The molecular weight excluding hydrogens is 256 g/mol. The number of aromatic nitrogens is 2. The van der Waals surface area contributed by atoms with Gasteiger partial charge in [0.2, 0.25) is 11.7 Å². The molecule has 0 amide bonds. The third-order valence-electron chi connectivity index (χ3n) is 4.32. The second-order valence-electron chi connectivity index (χ2n) is 5.69. The van der Waals surface area contributed by atoms with Gasteiger partial charge in [0.1, 0.15) is 5.69 Å². The van der Waals surface area contributed by atoms with E-state index >= 15 is 0 Å². The van der Waals surface area contributed by atoms with E-state index < -0.39 is 0 Å². The number of aryl methyl sites for hydroxylation is 1. The van der Waals surface area contributed by atoms with E-state index in [0.717, 1.165) is 11.2 Å². The minimum absolute atomic E-state index is 1.09. The van der Waals surface area contributed by atoms with E-state index in [1.54, 1.807) is 0 Å². The molecule has 0 spiro atoms. The van der Waals surface area contributed by atoms with Crippen LogP contribution in [0.25, 0.3) is 38.7 Å².